The van der Waals surface area contributed by atoms with Crippen molar-refractivity contribution in [3.05, 3.63) is 36.0 Å². The average molecular weight is 1550 g/mol. The quantitative estimate of drug-likeness (QED) is 0.0168. The molecular weight excluding hydrogens is 1420 g/mol. The molecule has 0 aliphatic rings. The lowest BCUT2D eigenvalue weighted by atomic mass is 9.95. The summed E-state index contributed by atoms with van der Waals surface area (Å²) in [5, 5.41) is 30.6. The number of rotatable bonds is 52. The van der Waals surface area contributed by atoms with Crippen molar-refractivity contribution in [3.8, 4) is 0 Å². The number of nitrogens with two attached hydrogens (primary N) is 11. The summed E-state index contributed by atoms with van der Waals surface area (Å²) in [4.78, 5) is 189. The fraction of sp³-hybridized carbons (Fsp3) is 0.662. The minimum absolute atomic E-state index is 0.00361. The molecule has 0 aliphatic heterocycles. The molecule has 39 heteroatoms. The van der Waals surface area contributed by atoms with Crippen molar-refractivity contribution < 1.29 is 57.5 Å². The third kappa shape index (κ3) is 34.3. The number of fused-ring (bicyclic) bond motifs is 1. The van der Waals surface area contributed by atoms with E-state index in [4.69, 9.17) is 63.1 Å². The van der Waals surface area contributed by atoms with Gasteiger partial charge in [-0.2, -0.15) is 0 Å². The normalized spacial score (nSPS) is 15.1. The molecule has 0 unspecified atom stereocenters. The second-order valence-corrected chi connectivity index (χ2v) is 28.6. The standard InChI is InChI=1S/C71H127N27O12/c1-12-39(9)54(66(109)94-50(34-42-35-87-44-23-15-14-22-43(42)44)62(105)91-47(26-19-31-84-69(77)78)58(101)89-45(56(74)99)25-18-30-83-68(75)76)97-61(104)49(28-21-33-86-71(81)82)93-65(108)53(38(7)8)95-57(100)41(11)88-64(107)52(37(5)6)96-67(110)55(40(10)13-2)98-60(103)46(24-16-17-29-72)90-59(102)48(27-20-32-85-70(79)80)92-63(106)51(73)36(3)4/h14-15,22-23,35-41,45-55,87H,12-13,16-21,24-34,72-73H2,1-11H3,(H2,74,99)(H,88,107)(H,89,101)(H,90,102)(H,91,105)(H,92,106)(H,93,108)(H,94,109)(H,95,100)(H,96,110)(H,97,104)(H,98,103)(H4,75,76,83)(H4,77,78,84)(H4,79,80,85)(H4,81,82,86)/t39-,40-,41-,45-,46-,47-,48-,49-,50-,51-,52-,53-,54-,55-/m0/s1. The molecule has 0 bridgehead atoms. The first-order valence-corrected chi connectivity index (χ1v) is 37.6. The van der Waals surface area contributed by atoms with Crippen LogP contribution in [0.25, 0.3) is 10.9 Å². The van der Waals surface area contributed by atoms with Gasteiger partial charge in [-0.1, -0.05) is 100 Å². The highest BCUT2D eigenvalue weighted by Crippen LogP contribution is 2.21. The Bertz CT molecular complexity index is 3460. The van der Waals surface area contributed by atoms with Crippen LogP contribution in [0, 0.1) is 29.6 Å². The zero-order chi connectivity index (χ0) is 83.1. The predicted octanol–water partition coefficient (Wildman–Crippen LogP) is -4.72. The number of guanidine groups is 4. The second kappa shape index (κ2) is 49.4. The van der Waals surface area contributed by atoms with Crippen molar-refractivity contribution in [2.75, 3.05) is 32.7 Å². The van der Waals surface area contributed by atoms with Crippen molar-refractivity contribution in [2.45, 2.75) is 239 Å². The van der Waals surface area contributed by atoms with E-state index in [9.17, 15) is 57.5 Å². The lowest BCUT2D eigenvalue weighted by Crippen LogP contribution is -2.62. The highest BCUT2D eigenvalue weighted by Gasteiger charge is 2.39. The van der Waals surface area contributed by atoms with Crippen LogP contribution in [0.4, 0.5) is 0 Å². The monoisotopic (exact) mass is 1550 g/mol. The molecule has 0 aliphatic carbocycles. The van der Waals surface area contributed by atoms with Crippen LogP contribution in [-0.4, -0.2) is 205 Å². The van der Waals surface area contributed by atoms with Gasteiger partial charge >= 0.3 is 0 Å². The Balaban J connectivity index is 2.52. The molecule has 2 rings (SSSR count). The number of hydrogen-bond donors (Lipinski definition) is 23. The lowest BCUT2D eigenvalue weighted by Gasteiger charge is -2.31. The van der Waals surface area contributed by atoms with Gasteiger partial charge in [-0.15, -0.1) is 0 Å². The van der Waals surface area contributed by atoms with Crippen molar-refractivity contribution in [2.24, 2.45) is 113 Å². The van der Waals surface area contributed by atoms with E-state index < -0.39 is 167 Å². The van der Waals surface area contributed by atoms with E-state index in [1.165, 1.54) is 6.92 Å². The fourth-order valence-electron chi connectivity index (χ4n) is 11.4. The summed E-state index contributed by atoms with van der Waals surface area (Å²) in [6.45, 7) is 18.9. The zero-order valence-electron chi connectivity index (χ0n) is 65.7. The van der Waals surface area contributed by atoms with Crippen LogP contribution in [0.2, 0.25) is 0 Å². The zero-order valence-corrected chi connectivity index (χ0v) is 65.7. The lowest BCUT2D eigenvalue weighted by molar-refractivity contribution is -0.137. The first-order chi connectivity index (χ1) is 51.8. The topological polar surface area (TPSA) is 689 Å². The maximum absolute atomic E-state index is 15.0. The van der Waals surface area contributed by atoms with Gasteiger partial charge in [0.1, 0.15) is 66.5 Å². The number of carbonyl (C=O) groups excluding carboxylic acids is 12. The first-order valence-electron chi connectivity index (χ1n) is 37.6. The third-order valence-corrected chi connectivity index (χ3v) is 18.5. The summed E-state index contributed by atoms with van der Waals surface area (Å²) in [5.74, 6) is -13.0. The number of primary amides is 1. The van der Waals surface area contributed by atoms with Crippen LogP contribution in [0.15, 0.2) is 50.4 Å². The number of aliphatic imine (C=N–C) groups is 4. The molecule has 1 aromatic heterocycles. The summed E-state index contributed by atoms with van der Waals surface area (Å²) in [5.41, 5.74) is 63.2. The second-order valence-electron chi connectivity index (χ2n) is 28.6. The molecule has 0 spiro atoms. The molecule has 1 aromatic carbocycles. The number of aromatic amines is 1. The number of nitrogens with one attached hydrogen (secondary N) is 12. The molecule has 12 amide bonds. The number of unbranched alkanes of at least 4 members (excludes halogenated alkanes) is 1. The van der Waals surface area contributed by atoms with Gasteiger partial charge in [0.25, 0.3) is 0 Å². The SMILES string of the molecule is CC[C@H](C)[C@H](NC(=O)[C@H](CCCN=C(N)N)NC(=O)[C@@H](NC(=O)[C@H](C)NC(=O)[C@@H](NC(=O)[C@@H](NC(=O)[C@H](CCCCN)NC(=O)[C@H](CCCN=C(N)N)NC(=O)[C@@H](N)C(C)C)[C@@H](C)CC)C(C)C)C(C)C)C(=O)N[C@@H](Cc1c[nH]c2ccccc12)C(=O)N[C@@H](CCCN=C(N)N)C(=O)N[C@@H](CCCN=C(N)N)C(N)=O. The molecule has 110 heavy (non-hydrogen) atoms. The van der Waals surface area contributed by atoms with Crippen molar-refractivity contribution >= 4 is 106 Å². The van der Waals surface area contributed by atoms with Gasteiger partial charge < -0.3 is 127 Å². The van der Waals surface area contributed by atoms with E-state index in [2.05, 4.69) is 83.4 Å². The van der Waals surface area contributed by atoms with Gasteiger partial charge in [0, 0.05) is 49.7 Å². The number of aromatic nitrogens is 1. The molecule has 39 nitrogen and oxygen atoms in total. The predicted molar refractivity (Wildman–Crippen MR) is 422 cm³/mol. The number of para-hydroxylation sites is 1. The number of carbonyl (C=O) groups is 12. The highest BCUT2D eigenvalue weighted by atomic mass is 16.2. The molecule has 0 saturated carbocycles. The maximum Gasteiger partial charge on any atom is 0.243 e. The number of benzene rings is 1. The van der Waals surface area contributed by atoms with Gasteiger partial charge in [0.05, 0.1) is 6.04 Å². The molecule has 14 atom stereocenters. The van der Waals surface area contributed by atoms with E-state index in [-0.39, 0.29) is 127 Å². The third-order valence-electron chi connectivity index (χ3n) is 18.5. The Hall–Kier alpha value is -10.6. The van der Waals surface area contributed by atoms with Crippen molar-refractivity contribution in [3.63, 3.8) is 0 Å². The Kier molecular flexibility index (Phi) is 42.9. The molecular formula is C71H127N27O12. The van der Waals surface area contributed by atoms with Gasteiger partial charge in [-0.05, 0) is 125 Å². The smallest absolute Gasteiger partial charge is 0.243 e. The average Bonchev–Trinajstić information content (AvgIpc) is 1.65. The first kappa shape index (κ1) is 95.5. The van der Waals surface area contributed by atoms with Crippen LogP contribution >= 0.6 is 0 Å². The Morgan fingerprint density at radius 3 is 1.10 bits per heavy atom. The van der Waals surface area contributed by atoms with Crippen LogP contribution in [-0.2, 0) is 64.0 Å². The summed E-state index contributed by atoms with van der Waals surface area (Å²) < 4.78 is 0. The fourth-order valence-corrected chi connectivity index (χ4v) is 11.4. The minimum Gasteiger partial charge on any atom is -0.370 e. The minimum atomic E-state index is -1.45. The van der Waals surface area contributed by atoms with Gasteiger partial charge in [-0.3, -0.25) is 77.5 Å². The van der Waals surface area contributed by atoms with Gasteiger partial charge in [0.2, 0.25) is 70.9 Å². The van der Waals surface area contributed by atoms with Gasteiger partial charge in [0.15, 0.2) is 23.8 Å². The molecule has 0 radical (unpaired) electrons. The maximum atomic E-state index is 15.0. The Morgan fingerprint density at radius 2 is 0.700 bits per heavy atom. The van der Waals surface area contributed by atoms with Crippen molar-refractivity contribution in [1.29, 1.82) is 0 Å². The molecule has 2 aromatic rings. The summed E-state index contributed by atoms with van der Waals surface area (Å²) in [7, 11) is 0. The summed E-state index contributed by atoms with van der Waals surface area (Å²) >= 11 is 0. The van der Waals surface area contributed by atoms with Gasteiger partial charge in [-0.25, -0.2) is 0 Å². The number of amides is 12. The highest BCUT2D eigenvalue weighted by molar-refractivity contribution is 6.00. The van der Waals surface area contributed by atoms with E-state index >= 15 is 0 Å². The van der Waals surface area contributed by atoms with Crippen LogP contribution < -0.4 is 122 Å². The number of hydrogen-bond acceptors (Lipinski definition) is 18. The summed E-state index contributed by atoms with van der Waals surface area (Å²) in [6, 6.07) is -8.26. The summed E-state index contributed by atoms with van der Waals surface area (Å²) in [6.07, 6.45) is 3.82. The van der Waals surface area contributed by atoms with E-state index in [0.29, 0.717) is 42.1 Å². The Labute approximate surface area is 644 Å². The van der Waals surface area contributed by atoms with Crippen LogP contribution in [0.3, 0.4) is 0 Å². The van der Waals surface area contributed by atoms with E-state index in [1.807, 2.05) is 12.1 Å². The van der Waals surface area contributed by atoms with Crippen LogP contribution in [0.5, 0.6) is 0 Å². The molecule has 618 valence electrons. The van der Waals surface area contributed by atoms with Crippen molar-refractivity contribution in [1.82, 2.24) is 63.5 Å². The molecule has 0 saturated heterocycles. The van der Waals surface area contributed by atoms with E-state index in [1.54, 1.807) is 87.6 Å². The largest absolute Gasteiger partial charge is 0.370 e. The molecule has 34 N–H and O–H groups in total. The Morgan fingerprint density at radius 1 is 0.373 bits per heavy atom. The number of nitrogens with zero attached hydrogens (tertiary/aromatic N) is 4. The molecule has 0 fully saturated rings. The molecule has 1 heterocycles. The van der Waals surface area contributed by atoms with E-state index in [0.717, 1.165) is 0 Å². The van der Waals surface area contributed by atoms with Crippen LogP contribution in [0.1, 0.15) is 165 Å². The number of H-pyrrole nitrogens is 1.